The first-order valence-corrected chi connectivity index (χ1v) is 10.4. The molecule has 1 aliphatic heterocycles. The van der Waals surface area contributed by atoms with E-state index in [0.29, 0.717) is 36.9 Å². The number of para-hydroxylation sites is 1. The van der Waals surface area contributed by atoms with Crippen molar-refractivity contribution in [1.29, 1.82) is 0 Å². The van der Waals surface area contributed by atoms with Crippen LogP contribution in [0, 0.1) is 6.92 Å². The van der Waals surface area contributed by atoms with E-state index in [0.717, 1.165) is 30.6 Å². The molecule has 1 fully saturated rings. The van der Waals surface area contributed by atoms with Crippen molar-refractivity contribution < 1.29 is 17.9 Å². The average molecular weight is 375 g/mol. The highest BCUT2D eigenvalue weighted by atomic mass is 32.2. The molecule has 3 rings (SSSR count). The van der Waals surface area contributed by atoms with Gasteiger partial charge in [0.15, 0.2) is 0 Å². The van der Waals surface area contributed by atoms with E-state index in [2.05, 4.69) is 0 Å². The SMILES string of the molecule is Cc1ccccc1OCCOc1ccc(S(=O)(=O)N2CCCCC2)cc1. The molecule has 6 heteroatoms. The molecule has 26 heavy (non-hydrogen) atoms. The van der Waals surface area contributed by atoms with Crippen LogP contribution >= 0.6 is 0 Å². The van der Waals surface area contributed by atoms with Crippen molar-refractivity contribution in [2.75, 3.05) is 26.3 Å². The van der Waals surface area contributed by atoms with Crippen molar-refractivity contribution in [3.05, 3.63) is 54.1 Å². The maximum atomic E-state index is 12.6. The molecule has 0 atom stereocenters. The van der Waals surface area contributed by atoms with E-state index in [9.17, 15) is 8.42 Å². The monoisotopic (exact) mass is 375 g/mol. The average Bonchev–Trinajstić information content (AvgIpc) is 2.67. The van der Waals surface area contributed by atoms with Gasteiger partial charge in [-0.2, -0.15) is 4.31 Å². The maximum Gasteiger partial charge on any atom is 0.243 e. The molecule has 1 aliphatic rings. The van der Waals surface area contributed by atoms with Gasteiger partial charge in [-0.05, 0) is 55.7 Å². The number of ether oxygens (including phenoxy) is 2. The third-order valence-electron chi connectivity index (χ3n) is 4.48. The Kier molecular flexibility index (Phi) is 6.16. The highest BCUT2D eigenvalue weighted by Gasteiger charge is 2.25. The summed E-state index contributed by atoms with van der Waals surface area (Å²) in [6.45, 7) is 4.04. The van der Waals surface area contributed by atoms with Crippen LogP contribution in [0.15, 0.2) is 53.4 Å². The molecule has 0 amide bonds. The second kappa shape index (κ2) is 8.56. The van der Waals surface area contributed by atoms with Crippen molar-refractivity contribution in [3.63, 3.8) is 0 Å². The normalized spacial score (nSPS) is 15.6. The van der Waals surface area contributed by atoms with Gasteiger partial charge in [0.05, 0.1) is 4.90 Å². The molecule has 0 bridgehead atoms. The number of hydrogen-bond acceptors (Lipinski definition) is 4. The standard InChI is InChI=1S/C20H25NO4S/c1-17-7-3-4-8-20(17)25-16-15-24-18-9-11-19(12-10-18)26(22,23)21-13-5-2-6-14-21/h3-4,7-12H,2,5-6,13-16H2,1H3. The fourth-order valence-electron chi connectivity index (χ4n) is 2.99. The Balaban J connectivity index is 1.52. The van der Waals surface area contributed by atoms with E-state index in [1.807, 2.05) is 31.2 Å². The molecule has 0 radical (unpaired) electrons. The minimum Gasteiger partial charge on any atom is -0.490 e. The summed E-state index contributed by atoms with van der Waals surface area (Å²) in [5, 5.41) is 0. The zero-order valence-corrected chi connectivity index (χ0v) is 15.9. The Morgan fingerprint density at radius 3 is 2.23 bits per heavy atom. The molecule has 1 saturated heterocycles. The molecule has 5 nitrogen and oxygen atoms in total. The highest BCUT2D eigenvalue weighted by Crippen LogP contribution is 2.23. The van der Waals surface area contributed by atoms with E-state index < -0.39 is 10.0 Å². The Morgan fingerprint density at radius 2 is 1.54 bits per heavy atom. The van der Waals surface area contributed by atoms with Gasteiger partial charge in [-0.25, -0.2) is 8.42 Å². The predicted molar refractivity (Wildman–Crippen MR) is 101 cm³/mol. The van der Waals surface area contributed by atoms with E-state index in [1.165, 1.54) is 0 Å². The summed E-state index contributed by atoms with van der Waals surface area (Å²) in [5.74, 6) is 1.48. The van der Waals surface area contributed by atoms with Crippen LogP contribution in [0.3, 0.4) is 0 Å². The van der Waals surface area contributed by atoms with Crippen LogP contribution in [0.1, 0.15) is 24.8 Å². The smallest absolute Gasteiger partial charge is 0.243 e. The van der Waals surface area contributed by atoms with Gasteiger partial charge in [0.25, 0.3) is 0 Å². The molecule has 0 unspecified atom stereocenters. The fraction of sp³-hybridized carbons (Fsp3) is 0.400. The Hall–Kier alpha value is -2.05. The maximum absolute atomic E-state index is 12.6. The van der Waals surface area contributed by atoms with Crippen LogP contribution in [0.5, 0.6) is 11.5 Å². The summed E-state index contributed by atoms with van der Waals surface area (Å²) in [6.07, 6.45) is 2.96. The quantitative estimate of drug-likeness (QED) is 0.694. The lowest BCUT2D eigenvalue weighted by Gasteiger charge is -2.25. The van der Waals surface area contributed by atoms with Gasteiger partial charge in [-0.1, -0.05) is 24.6 Å². The van der Waals surface area contributed by atoms with Crippen LogP contribution in [-0.2, 0) is 10.0 Å². The molecule has 140 valence electrons. The van der Waals surface area contributed by atoms with Gasteiger partial charge in [0, 0.05) is 13.1 Å². The lowest BCUT2D eigenvalue weighted by Crippen LogP contribution is -2.35. The summed E-state index contributed by atoms with van der Waals surface area (Å²) >= 11 is 0. The lowest BCUT2D eigenvalue weighted by molar-refractivity contribution is 0.216. The first-order valence-electron chi connectivity index (χ1n) is 8.99. The van der Waals surface area contributed by atoms with E-state index in [1.54, 1.807) is 28.6 Å². The number of rotatable bonds is 7. The van der Waals surface area contributed by atoms with Gasteiger partial charge in [-0.3, -0.25) is 0 Å². The molecule has 0 aliphatic carbocycles. The van der Waals surface area contributed by atoms with Crippen LogP contribution in [0.25, 0.3) is 0 Å². The van der Waals surface area contributed by atoms with Gasteiger partial charge in [0.1, 0.15) is 24.7 Å². The van der Waals surface area contributed by atoms with E-state index >= 15 is 0 Å². The molecule has 0 aromatic heterocycles. The van der Waals surface area contributed by atoms with Gasteiger partial charge in [0.2, 0.25) is 10.0 Å². The molecular formula is C20H25NO4S. The second-order valence-corrected chi connectivity index (χ2v) is 8.34. The summed E-state index contributed by atoms with van der Waals surface area (Å²) in [5.41, 5.74) is 1.08. The Morgan fingerprint density at radius 1 is 0.885 bits per heavy atom. The highest BCUT2D eigenvalue weighted by molar-refractivity contribution is 7.89. The fourth-order valence-corrected chi connectivity index (χ4v) is 4.51. The molecule has 2 aromatic carbocycles. The zero-order valence-electron chi connectivity index (χ0n) is 15.1. The topological polar surface area (TPSA) is 55.8 Å². The molecule has 0 N–H and O–H groups in total. The van der Waals surface area contributed by atoms with Gasteiger partial charge in [-0.15, -0.1) is 0 Å². The van der Waals surface area contributed by atoms with Crippen molar-refractivity contribution in [1.82, 2.24) is 4.31 Å². The second-order valence-electron chi connectivity index (χ2n) is 6.40. The third-order valence-corrected chi connectivity index (χ3v) is 6.39. The Labute approximate surface area is 155 Å². The van der Waals surface area contributed by atoms with Crippen LogP contribution < -0.4 is 9.47 Å². The number of benzene rings is 2. The first kappa shape index (κ1) is 18.7. The van der Waals surface area contributed by atoms with Crippen LogP contribution in [0.4, 0.5) is 0 Å². The predicted octanol–water partition coefficient (Wildman–Crippen LogP) is 3.63. The summed E-state index contributed by atoms with van der Waals surface area (Å²) in [7, 11) is -3.39. The van der Waals surface area contributed by atoms with E-state index in [4.69, 9.17) is 9.47 Å². The van der Waals surface area contributed by atoms with Crippen molar-refractivity contribution in [2.24, 2.45) is 0 Å². The minimum absolute atomic E-state index is 0.322. The summed E-state index contributed by atoms with van der Waals surface area (Å²) in [6, 6.07) is 14.5. The van der Waals surface area contributed by atoms with Crippen LogP contribution in [0.2, 0.25) is 0 Å². The summed E-state index contributed by atoms with van der Waals surface area (Å²) < 4.78 is 38.1. The number of aryl methyl sites for hydroxylation is 1. The van der Waals surface area contributed by atoms with Crippen molar-refractivity contribution >= 4 is 10.0 Å². The zero-order chi connectivity index (χ0) is 18.4. The van der Waals surface area contributed by atoms with E-state index in [-0.39, 0.29) is 0 Å². The van der Waals surface area contributed by atoms with Crippen LogP contribution in [-0.4, -0.2) is 39.0 Å². The molecule has 2 aromatic rings. The largest absolute Gasteiger partial charge is 0.490 e. The van der Waals surface area contributed by atoms with Gasteiger partial charge >= 0.3 is 0 Å². The number of sulfonamides is 1. The first-order chi connectivity index (χ1) is 12.6. The van der Waals surface area contributed by atoms with Crippen molar-refractivity contribution in [3.8, 4) is 11.5 Å². The van der Waals surface area contributed by atoms with Crippen molar-refractivity contribution in [2.45, 2.75) is 31.1 Å². The lowest BCUT2D eigenvalue weighted by atomic mass is 10.2. The number of hydrogen-bond donors (Lipinski definition) is 0. The minimum atomic E-state index is -3.39. The summed E-state index contributed by atoms with van der Waals surface area (Å²) in [4.78, 5) is 0.322. The molecular weight excluding hydrogens is 350 g/mol. The van der Waals surface area contributed by atoms with Gasteiger partial charge < -0.3 is 9.47 Å². The molecule has 1 heterocycles. The number of nitrogens with zero attached hydrogens (tertiary/aromatic N) is 1. The Bertz CT molecular complexity index is 812. The molecule has 0 spiro atoms. The number of piperidine rings is 1. The molecule has 0 saturated carbocycles. The third kappa shape index (κ3) is 4.56.